The standard InChI is InChI=1S/C31H27N5O/c1-22-12-18-28(19-13-22)36-31(32-33-34-36)29(21-35(2)3)30(37)27-11-7-10-26(20-27)25-16-14-24(15-17-25)23-8-5-4-6-9-23/h4-21H,1-3H3. The molecular weight excluding hydrogens is 458 g/mol. The SMILES string of the molecule is Cc1ccc(-n2nnnc2C(=CN(C)C)C(=O)c2cccc(-c3ccc(-c4ccccc4)cc3)c2)cc1. The zero-order valence-electron chi connectivity index (χ0n) is 21.0. The summed E-state index contributed by atoms with van der Waals surface area (Å²) < 4.78 is 1.60. The number of hydrogen-bond donors (Lipinski definition) is 0. The molecule has 0 fully saturated rings. The Bertz CT molecular complexity index is 1550. The van der Waals surface area contributed by atoms with Crippen LogP contribution in [0.5, 0.6) is 0 Å². The van der Waals surface area contributed by atoms with Gasteiger partial charge in [0.05, 0.1) is 11.3 Å². The fourth-order valence-electron chi connectivity index (χ4n) is 4.17. The van der Waals surface area contributed by atoms with E-state index in [0.29, 0.717) is 17.0 Å². The lowest BCUT2D eigenvalue weighted by Crippen LogP contribution is -2.13. The Morgan fingerprint density at radius 1 is 0.757 bits per heavy atom. The number of carbonyl (C=O) groups excluding carboxylic acids is 1. The third-order valence-electron chi connectivity index (χ3n) is 6.07. The topological polar surface area (TPSA) is 63.9 Å². The number of aryl methyl sites for hydroxylation is 1. The van der Waals surface area contributed by atoms with Crippen molar-refractivity contribution in [2.24, 2.45) is 0 Å². The van der Waals surface area contributed by atoms with Gasteiger partial charge in [0.2, 0.25) is 0 Å². The summed E-state index contributed by atoms with van der Waals surface area (Å²) in [6, 6.07) is 34.2. The molecule has 0 aliphatic carbocycles. The Morgan fingerprint density at radius 3 is 2.05 bits per heavy atom. The monoisotopic (exact) mass is 485 g/mol. The number of tetrazole rings is 1. The van der Waals surface area contributed by atoms with Gasteiger partial charge in [0.25, 0.3) is 0 Å². The first kappa shape index (κ1) is 23.9. The molecule has 6 heteroatoms. The zero-order valence-corrected chi connectivity index (χ0v) is 21.0. The number of ketones is 1. The van der Waals surface area contributed by atoms with Gasteiger partial charge in [-0.2, -0.15) is 4.68 Å². The van der Waals surface area contributed by atoms with Crippen molar-refractivity contribution in [3.05, 3.63) is 126 Å². The Labute approximate surface area is 216 Å². The molecule has 0 bridgehead atoms. The van der Waals surface area contributed by atoms with Gasteiger partial charge < -0.3 is 4.90 Å². The van der Waals surface area contributed by atoms with Crippen molar-refractivity contribution in [1.29, 1.82) is 0 Å². The van der Waals surface area contributed by atoms with E-state index in [1.165, 1.54) is 5.56 Å². The van der Waals surface area contributed by atoms with E-state index in [0.717, 1.165) is 27.9 Å². The van der Waals surface area contributed by atoms with Crippen molar-refractivity contribution in [1.82, 2.24) is 25.1 Å². The highest BCUT2D eigenvalue weighted by Crippen LogP contribution is 2.27. The van der Waals surface area contributed by atoms with Crippen LogP contribution in [0.1, 0.15) is 21.7 Å². The minimum absolute atomic E-state index is 0.153. The van der Waals surface area contributed by atoms with Crippen molar-refractivity contribution < 1.29 is 4.79 Å². The van der Waals surface area contributed by atoms with Gasteiger partial charge in [0, 0.05) is 25.9 Å². The molecule has 5 aromatic rings. The van der Waals surface area contributed by atoms with Gasteiger partial charge in [-0.1, -0.05) is 90.5 Å². The van der Waals surface area contributed by atoms with Crippen LogP contribution < -0.4 is 0 Å². The van der Waals surface area contributed by atoms with Gasteiger partial charge in [-0.15, -0.1) is 5.10 Å². The molecule has 1 aromatic heterocycles. The fraction of sp³-hybridized carbons (Fsp3) is 0.0968. The highest BCUT2D eigenvalue weighted by molar-refractivity contribution is 6.28. The first-order chi connectivity index (χ1) is 18.0. The number of aromatic nitrogens is 4. The van der Waals surface area contributed by atoms with Crippen molar-refractivity contribution >= 4 is 11.4 Å². The van der Waals surface area contributed by atoms with E-state index >= 15 is 0 Å². The number of hydrogen-bond acceptors (Lipinski definition) is 5. The highest BCUT2D eigenvalue weighted by atomic mass is 16.1. The minimum atomic E-state index is -0.153. The first-order valence-electron chi connectivity index (χ1n) is 12.0. The molecule has 0 radical (unpaired) electrons. The number of allylic oxidation sites excluding steroid dienone is 1. The number of nitrogens with zero attached hydrogens (tertiary/aromatic N) is 5. The second kappa shape index (κ2) is 10.4. The Balaban J connectivity index is 1.49. The average molecular weight is 486 g/mol. The molecule has 0 N–H and O–H groups in total. The van der Waals surface area contributed by atoms with Gasteiger partial charge in [-0.25, -0.2) is 0 Å². The molecule has 0 amide bonds. The predicted molar refractivity (Wildman–Crippen MR) is 147 cm³/mol. The molecule has 0 unspecified atom stereocenters. The largest absolute Gasteiger partial charge is 0.383 e. The van der Waals surface area contributed by atoms with Crippen molar-refractivity contribution in [2.75, 3.05) is 14.1 Å². The van der Waals surface area contributed by atoms with Crippen LogP contribution in [0.2, 0.25) is 0 Å². The molecule has 0 saturated heterocycles. The van der Waals surface area contributed by atoms with E-state index in [2.05, 4.69) is 51.9 Å². The Morgan fingerprint density at radius 2 is 1.38 bits per heavy atom. The summed E-state index contributed by atoms with van der Waals surface area (Å²) in [7, 11) is 3.75. The van der Waals surface area contributed by atoms with E-state index in [1.54, 1.807) is 10.9 Å². The van der Waals surface area contributed by atoms with Crippen molar-refractivity contribution in [2.45, 2.75) is 6.92 Å². The van der Waals surface area contributed by atoms with Crippen LogP contribution in [0.3, 0.4) is 0 Å². The van der Waals surface area contributed by atoms with Crippen LogP contribution >= 0.6 is 0 Å². The minimum Gasteiger partial charge on any atom is -0.383 e. The fourth-order valence-corrected chi connectivity index (χ4v) is 4.17. The van der Waals surface area contributed by atoms with Crippen LogP contribution in [-0.2, 0) is 0 Å². The first-order valence-corrected chi connectivity index (χ1v) is 12.0. The van der Waals surface area contributed by atoms with E-state index in [9.17, 15) is 4.79 Å². The summed E-state index contributed by atoms with van der Waals surface area (Å²) in [5, 5.41) is 12.3. The molecule has 37 heavy (non-hydrogen) atoms. The van der Waals surface area contributed by atoms with Crippen LogP contribution in [-0.4, -0.2) is 45.0 Å². The summed E-state index contributed by atoms with van der Waals surface area (Å²) in [5.74, 6) is 0.236. The molecule has 4 aromatic carbocycles. The molecule has 0 aliphatic rings. The molecule has 6 nitrogen and oxygen atoms in total. The molecular formula is C31H27N5O. The maximum absolute atomic E-state index is 13.8. The summed E-state index contributed by atoms with van der Waals surface area (Å²) in [6.07, 6.45) is 1.76. The third-order valence-corrected chi connectivity index (χ3v) is 6.07. The molecule has 0 saturated carbocycles. The van der Waals surface area contributed by atoms with E-state index in [4.69, 9.17) is 0 Å². The number of carbonyl (C=O) groups is 1. The maximum Gasteiger partial charge on any atom is 0.198 e. The molecule has 0 aliphatic heterocycles. The lowest BCUT2D eigenvalue weighted by Gasteiger charge is -2.13. The van der Waals surface area contributed by atoms with E-state index in [-0.39, 0.29) is 5.78 Å². The second-order valence-corrected chi connectivity index (χ2v) is 9.11. The van der Waals surface area contributed by atoms with Crippen LogP contribution in [0.15, 0.2) is 109 Å². The summed E-state index contributed by atoms with van der Waals surface area (Å²) in [5.41, 5.74) is 7.22. The molecule has 0 spiro atoms. The molecule has 182 valence electrons. The van der Waals surface area contributed by atoms with Gasteiger partial charge >= 0.3 is 0 Å². The Kier molecular flexibility index (Phi) is 6.72. The Hall–Kier alpha value is -4.84. The van der Waals surface area contributed by atoms with Gasteiger partial charge in [-0.3, -0.25) is 4.79 Å². The van der Waals surface area contributed by atoms with Gasteiger partial charge in [0.15, 0.2) is 11.6 Å². The molecule has 0 atom stereocenters. The number of Topliss-reactive ketones (excluding diaryl/α,β-unsaturated/α-hetero) is 1. The number of rotatable bonds is 7. The van der Waals surface area contributed by atoms with E-state index < -0.39 is 0 Å². The summed E-state index contributed by atoms with van der Waals surface area (Å²) >= 11 is 0. The van der Waals surface area contributed by atoms with Crippen molar-refractivity contribution in [3.8, 4) is 27.9 Å². The maximum atomic E-state index is 13.8. The predicted octanol–water partition coefficient (Wildman–Crippen LogP) is 6.09. The smallest absolute Gasteiger partial charge is 0.198 e. The normalized spacial score (nSPS) is 11.4. The highest BCUT2D eigenvalue weighted by Gasteiger charge is 2.22. The van der Waals surface area contributed by atoms with Crippen molar-refractivity contribution in [3.63, 3.8) is 0 Å². The quantitative estimate of drug-likeness (QED) is 0.206. The summed E-state index contributed by atoms with van der Waals surface area (Å²) in [4.78, 5) is 15.7. The molecule has 5 rings (SSSR count). The second-order valence-electron chi connectivity index (χ2n) is 9.11. The lowest BCUT2D eigenvalue weighted by molar-refractivity contribution is 0.105. The molecule has 1 heterocycles. The third kappa shape index (κ3) is 5.23. The van der Waals surface area contributed by atoms with Crippen LogP contribution in [0, 0.1) is 6.92 Å². The average Bonchev–Trinajstić information content (AvgIpc) is 3.42. The van der Waals surface area contributed by atoms with Gasteiger partial charge in [0.1, 0.15) is 0 Å². The summed E-state index contributed by atoms with van der Waals surface area (Å²) in [6.45, 7) is 2.02. The van der Waals surface area contributed by atoms with E-state index in [1.807, 2.05) is 92.6 Å². The number of benzene rings is 4. The van der Waals surface area contributed by atoms with Crippen LogP contribution in [0.4, 0.5) is 0 Å². The lowest BCUT2D eigenvalue weighted by atomic mass is 9.96. The van der Waals surface area contributed by atoms with Gasteiger partial charge in [-0.05, 0) is 57.8 Å². The van der Waals surface area contributed by atoms with Crippen LogP contribution in [0.25, 0.3) is 33.5 Å². The zero-order chi connectivity index (χ0) is 25.8.